The Labute approximate surface area is 105 Å². The van der Waals surface area contributed by atoms with Crippen molar-refractivity contribution >= 4 is 10.9 Å². The second-order valence-corrected chi connectivity index (χ2v) is 4.15. The number of pyridine rings is 1. The molecule has 1 aromatic carbocycles. The lowest BCUT2D eigenvalue weighted by atomic mass is 10.2. The summed E-state index contributed by atoms with van der Waals surface area (Å²) in [7, 11) is 1.95. The largest absolute Gasteiger partial charge is 0.486 e. The maximum Gasteiger partial charge on any atom is 0.138 e. The Bertz CT molecular complexity index is 675. The van der Waals surface area contributed by atoms with Gasteiger partial charge in [0.15, 0.2) is 0 Å². The summed E-state index contributed by atoms with van der Waals surface area (Å²) in [5.41, 5.74) is 2.01. The molecule has 0 amide bonds. The maximum absolute atomic E-state index is 5.72. The van der Waals surface area contributed by atoms with Crippen molar-refractivity contribution in [2.75, 3.05) is 0 Å². The van der Waals surface area contributed by atoms with Crippen LogP contribution in [0.15, 0.2) is 49.1 Å². The molecule has 0 aliphatic heterocycles. The van der Waals surface area contributed by atoms with Crippen LogP contribution in [0.4, 0.5) is 0 Å². The fraction of sp³-hybridized carbons (Fsp3) is 0.143. The average molecular weight is 239 g/mol. The highest BCUT2D eigenvalue weighted by Crippen LogP contribution is 2.18. The van der Waals surface area contributed by atoms with E-state index in [9.17, 15) is 0 Å². The van der Waals surface area contributed by atoms with Gasteiger partial charge in [-0.05, 0) is 12.1 Å². The van der Waals surface area contributed by atoms with E-state index in [4.69, 9.17) is 4.74 Å². The van der Waals surface area contributed by atoms with E-state index in [1.807, 2.05) is 41.9 Å². The van der Waals surface area contributed by atoms with Gasteiger partial charge in [0.25, 0.3) is 0 Å². The van der Waals surface area contributed by atoms with Crippen molar-refractivity contribution in [3.63, 3.8) is 0 Å². The number of hydrogen-bond acceptors (Lipinski definition) is 3. The standard InChI is InChI=1S/C14H13N3O/c1-17-10-15-7-12(17)9-18-13-6-11-4-2-3-5-14(11)16-8-13/h2-8,10H,9H2,1H3. The van der Waals surface area contributed by atoms with Crippen molar-refractivity contribution in [1.82, 2.24) is 14.5 Å². The quantitative estimate of drug-likeness (QED) is 0.705. The Hall–Kier alpha value is -2.36. The Kier molecular flexibility index (Phi) is 2.68. The van der Waals surface area contributed by atoms with E-state index in [0.717, 1.165) is 22.3 Å². The molecule has 0 spiro atoms. The third-order valence-electron chi connectivity index (χ3n) is 2.87. The number of imidazole rings is 1. The summed E-state index contributed by atoms with van der Waals surface area (Å²) < 4.78 is 7.65. The second kappa shape index (κ2) is 4.49. The number of benzene rings is 1. The lowest BCUT2D eigenvalue weighted by Crippen LogP contribution is -2.01. The van der Waals surface area contributed by atoms with Crippen LogP contribution in [0.1, 0.15) is 5.69 Å². The predicted octanol–water partition coefficient (Wildman–Crippen LogP) is 2.55. The number of para-hydroxylation sites is 1. The molecule has 0 aliphatic carbocycles. The first-order valence-electron chi connectivity index (χ1n) is 5.76. The predicted molar refractivity (Wildman–Crippen MR) is 69.3 cm³/mol. The van der Waals surface area contributed by atoms with Crippen molar-refractivity contribution in [3.8, 4) is 5.75 Å². The van der Waals surface area contributed by atoms with E-state index >= 15 is 0 Å². The van der Waals surface area contributed by atoms with E-state index in [1.54, 1.807) is 18.7 Å². The summed E-state index contributed by atoms with van der Waals surface area (Å²) in [5, 5.41) is 1.08. The first-order valence-corrected chi connectivity index (χ1v) is 5.76. The highest BCUT2D eigenvalue weighted by atomic mass is 16.5. The minimum Gasteiger partial charge on any atom is -0.486 e. The molecule has 2 aromatic heterocycles. The molecule has 4 heteroatoms. The third kappa shape index (κ3) is 2.05. The molecule has 0 fully saturated rings. The van der Waals surface area contributed by atoms with Gasteiger partial charge in [0.1, 0.15) is 12.4 Å². The Balaban J connectivity index is 1.81. The maximum atomic E-state index is 5.72. The summed E-state index contributed by atoms with van der Waals surface area (Å²) in [4.78, 5) is 8.41. The van der Waals surface area contributed by atoms with Crippen molar-refractivity contribution < 1.29 is 4.74 Å². The summed E-state index contributed by atoms with van der Waals surface area (Å²) in [5.74, 6) is 0.773. The lowest BCUT2D eigenvalue weighted by Gasteiger charge is -2.07. The summed E-state index contributed by atoms with van der Waals surface area (Å²) in [6.45, 7) is 0.497. The van der Waals surface area contributed by atoms with Crippen LogP contribution in [-0.4, -0.2) is 14.5 Å². The van der Waals surface area contributed by atoms with Gasteiger partial charge in [0.2, 0.25) is 0 Å². The smallest absolute Gasteiger partial charge is 0.138 e. The highest BCUT2D eigenvalue weighted by molar-refractivity contribution is 5.79. The molecule has 0 atom stereocenters. The Morgan fingerprint density at radius 1 is 1.22 bits per heavy atom. The number of fused-ring (bicyclic) bond motifs is 1. The number of nitrogens with zero attached hydrogens (tertiary/aromatic N) is 3. The fourth-order valence-corrected chi connectivity index (χ4v) is 1.81. The number of ether oxygens (including phenoxy) is 1. The Morgan fingerprint density at radius 3 is 2.94 bits per heavy atom. The van der Waals surface area contributed by atoms with Gasteiger partial charge in [-0.1, -0.05) is 18.2 Å². The van der Waals surface area contributed by atoms with E-state index in [1.165, 1.54) is 0 Å². The molecular formula is C14H13N3O. The summed E-state index contributed by atoms with van der Waals surface area (Å²) >= 11 is 0. The molecule has 3 aromatic rings. The Morgan fingerprint density at radius 2 is 2.11 bits per heavy atom. The first kappa shape index (κ1) is 10.8. The van der Waals surface area contributed by atoms with Gasteiger partial charge in [-0.25, -0.2) is 4.98 Å². The van der Waals surface area contributed by atoms with Crippen LogP contribution in [0.25, 0.3) is 10.9 Å². The van der Waals surface area contributed by atoms with Gasteiger partial charge >= 0.3 is 0 Å². The fourth-order valence-electron chi connectivity index (χ4n) is 1.81. The zero-order valence-electron chi connectivity index (χ0n) is 10.1. The molecule has 0 radical (unpaired) electrons. The first-order chi connectivity index (χ1) is 8.83. The van der Waals surface area contributed by atoms with Crippen LogP contribution < -0.4 is 4.74 Å². The average Bonchev–Trinajstić information content (AvgIpc) is 2.82. The molecule has 0 N–H and O–H groups in total. The molecule has 0 bridgehead atoms. The number of hydrogen-bond donors (Lipinski definition) is 0. The molecule has 0 unspecified atom stereocenters. The molecule has 0 saturated heterocycles. The van der Waals surface area contributed by atoms with Gasteiger partial charge < -0.3 is 9.30 Å². The SMILES string of the molecule is Cn1cncc1COc1cnc2ccccc2c1. The normalized spacial score (nSPS) is 10.7. The molecule has 0 aliphatic rings. The van der Waals surface area contributed by atoms with Gasteiger partial charge in [-0.3, -0.25) is 4.98 Å². The molecule has 18 heavy (non-hydrogen) atoms. The minimum atomic E-state index is 0.497. The van der Waals surface area contributed by atoms with E-state index < -0.39 is 0 Å². The molecule has 4 nitrogen and oxygen atoms in total. The van der Waals surface area contributed by atoms with E-state index in [0.29, 0.717) is 6.61 Å². The number of rotatable bonds is 3. The monoisotopic (exact) mass is 239 g/mol. The van der Waals surface area contributed by atoms with Crippen molar-refractivity contribution in [1.29, 1.82) is 0 Å². The lowest BCUT2D eigenvalue weighted by molar-refractivity contribution is 0.296. The molecule has 2 heterocycles. The van der Waals surface area contributed by atoms with Gasteiger partial charge in [0.05, 0.1) is 29.9 Å². The zero-order chi connectivity index (χ0) is 12.4. The van der Waals surface area contributed by atoms with Gasteiger partial charge in [-0.2, -0.15) is 0 Å². The van der Waals surface area contributed by atoms with E-state index in [-0.39, 0.29) is 0 Å². The number of aromatic nitrogens is 3. The summed E-state index contributed by atoms with van der Waals surface area (Å²) in [6, 6.07) is 9.98. The van der Waals surface area contributed by atoms with Crippen LogP contribution in [0.2, 0.25) is 0 Å². The zero-order valence-corrected chi connectivity index (χ0v) is 10.1. The van der Waals surface area contributed by atoms with Crippen molar-refractivity contribution in [2.24, 2.45) is 7.05 Å². The topological polar surface area (TPSA) is 39.9 Å². The van der Waals surface area contributed by atoms with Crippen molar-refractivity contribution in [3.05, 3.63) is 54.7 Å². The molecular weight excluding hydrogens is 226 g/mol. The van der Waals surface area contributed by atoms with Gasteiger partial charge in [0, 0.05) is 12.4 Å². The number of aryl methyl sites for hydroxylation is 1. The second-order valence-electron chi connectivity index (χ2n) is 4.15. The molecule has 3 rings (SSSR count). The van der Waals surface area contributed by atoms with Crippen LogP contribution in [0.5, 0.6) is 5.75 Å². The van der Waals surface area contributed by atoms with Crippen LogP contribution in [-0.2, 0) is 13.7 Å². The van der Waals surface area contributed by atoms with Gasteiger partial charge in [-0.15, -0.1) is 0 Å². The minimum absolute atomic E-state index is 0.497. The van der Waals surface area contributed by atoms with E-state index in [2.05, 4.69) is 9.97 Å². The van der Waals surface area contributed by atoms with Crippen LogP contribution in [0.3, 0.4) is 0 Å². The highest BCUT2D eigenvalue weighted by Gasteiger charge is 2.01. The van der Waals surface area contributed by atoms with Crippen LogP contribution >= 0.6 is 0 Å². The summed E-state index contributed by atoms with van der Waals surface area (Å²) in [6.07, 6.45) is 5.31. The molecule has 90 valence electrons. The van der Waals surface area contributed by atoms with Crippen LogP contribution in [0, 0.1) is 0 Å². The van der Waals surface area contributed by atoms with Crippen molar-refractivity contribution in [2.45, 2.75) is 6.61 Å². The third-order valence-corrected chi connectivity index (χ3v) is 2.87. The molecule has 0 saturated carbocycles.